The molecule has 0 aliphatic rings. The van der Waals surface area contributed by atoms with Gasteiger partial charge < -0.3 is 0 Å². The fourth-order valence-electron chi connectivity index (χ4n) is 1.36. The second kappa shape index (κ2) is 6.67. The van der Waals surface area contributed by atoms with Crippen LogP contribution in [0.3, 0.4) is 0 Å². The maximum absolute atomic E-state index is 11.6. The minimum atomic E-state index is -0.335. The van der Waals surface area contributed by atoms with E-state index in [1.807, 2.05) is 13.0 Å². The number of hydrogen-bond donors (Lipinski definition) is 0. The van der Waals surface area contributed by atoms with Crippen LogP contribution in [0.5, 0.6) is 5.75 Å². The summed E-state index contributed by atoms with van der Waals surface area (Å²) in [7, 11) is 2.99. The first-order valence-corrected chi connectivity index (χ1v) is 6.41. The third kappa shape index (κ3) is 3.75. The van der Waals surface area contributed by atoms with E-state index in [0.717, 1.165) is 9.91 Å². The van der Waals surface area contributed by atoms with E-state index in [4.69, 9.17) is 14.2 Å². The quantitative estimate of drug-likeness (QED) is 0.438. The molecule has 17 heavy (non-hydrogen) atoms. The molecule has 0 bridgehead atoms. The standard InChI is InChI=1S/C12H17AsO4/c1-8-10(12(14)16-3)6-9(7-11(8)13)17-5-4-15-2/h6-7H,4-5,13H2,1-3H3. The van der Waals surface area contributed by atoms with E-state index >= 15 is 0 Å². The number of methoxy groups -OCH3 is 2. The molecule has 1 aromatic carbocycles. The Kier molecular flexibility index (Phi) is 5.52. The fourth-order valence-corrected chi connectivity index (χ4v) is 2.03. The molecule has 0 fully saturated rings. The van der Waals surface area contributed by atoms with Gasteiger partial charge in [0.15, 0.2) is 0 Å². The summed E-state index contributed by atoms with van der Waals surface area (Å²) in [6, 6.07) is 3.64. The summed E-state index contributed by atoms with van der Waals surface area (Å²) in [5, 5.41) is 0. The van der Waals surface area contributed by atoms with E-state index in [-0.39, 0.29) is 5.97 Å². The van der Waals surface area contributed by atoms with Crippen LogP contribution in [0, 0.1) is 6.92 Å². The van der Waals surface area contributed by atoms with Crippen LogP contribution in [-0.4, -0.2) is 50.3 Å². The van der Waals surface area contributed by atoms with E-state index in [1.54, 1.807) is 13.2 Å². The molecular formula is C12H17AsO4. The molecule has 1 atom stereocenters. The van der Waals surface area contributed by atoms with Gasteiger partial charge in [-0.2, -0.15) is 0 Å². The Labute approximate surface area is 110 Å². The van der Waals surface area contributed by atoms with Crippen LogP contribution in [0.25, 0.3) is 0 Å². The van der Waals surface area contributed by atoms with Crippen molar-refractivity contribution in [2.45, 2.75) is 6.92 Å². The van der Waals surface area contributed by atoms with Gasteiger partial charge in [0.1, 0.15) is 0 Å². The number of benzene rings is 1. The van der Waals surface area contributed by atoms with Crippen LogP contribution in [-0.2, 0) is 9.47 Å². The molecule has 0 N–H and O–H groups in total. The summed E-state index contributed by atoms with van der Waals surface area (Å²) in [4.78, 5) is 11.6. The van der Waals surface area contributed by atoms with Gasteiger partial charge in [-0.25, -0.2) is 0 Å². The molecule has 0 spiro atoms. The molecule has 1 aromatic rings. The topological polar surface area (TPSA) is 44.8 Å². The third-order valence-electron chi connectivity index (χ3n) is 2.38. The minimum absolute atomic E-state index is 0.335. The zero-order valence-corrected chi connectivity index (χ0v) is 12.7. The summed E-state index contributed by atoms with van der Waals surface area (Å²) in [5.74, 6) is 0.339. The Hall–Kier alpha value is -0.992. The van der Waals surface area contributed by atoms with E-state index in [0.29, 0.717) is 24.5 Å². The van der Waals surface area contributed by atoms with Crippen LogP contribution in [0.15, 0.2) is 12.1 Å². The van der Waals surface area contributed by atoms with Crippen LogP contribution < -0.4 is 9.09 Å². The molecule has 0 aromatic heterocycles. The van der Waals surface area contributed by atoms with Crippen LogP contribution in [0.4, 0.5) is 0 Å². The fraction of sp³-hybridized carbons (Fsp3) is 0.417. The van der Waals surface area contributed by atoms with Crippen molar-refractivity contribution < 1.29 is 19.0 Å². The maximum atomic E-state index is 11.6. The van der Waals surface area contributed by atoms with Gasteiger partial charge in [0.25, 0.3) is 0 Å². The number of ether oxygens (including phenoxy) is 3. The molecule has 0 amide bonds. The zero-order valence-electron chi connectivity index (χ0n) is 10.3. The van der Waals surface area contributed by atoms with Crippen molar-refractivity contribution in [3.8, 4) is 5.75 Å². The molecule has 5 heteroatoms. The van der Waals surface area contributed by atoms with Gasteiger partial charge in [-0.05, 0) is 0 Å². The van der Waals surface area contributed by atoms with Crippen molar-refractivity contribution in [3.05, 3.63) is 23.3 Å². The van der Waals surface area contributed by atoms with Gasteiger partial charge >= 0.3 is 110 Å². The molecule has 1 rings (SSSR count). The molecule has 0 aliphatic carbocycles. The number of carbonyl (C=O) groups excluding carboxylic acids is 1. The van der Waals surface area contributed by atoms with Crippen LogP contribution >= 0.6 is 0 Å². The summed E-state index contributed by atoms with van der Waals surface area (Å²) < 4.78 is 16.2. The molecule has 0 saturated carbocycles. The van der Waals surface area contributed by atoms with Crippen molar-refractivity contribution in [2.75, 3.05) is 27.4 Å². The summed E-state index contributed by atoms with van der Waals surface area (Å²) >= 11 is 1.45. The Balaban J connectivity index is 2.93. The molecule has 1 unspecified atom stereocenters. The molecule has 0 saturated heterocycles. The predicted molar refractivity (Wildman–Crippen MR) is 68.1 cm³/mol. The van der Waals surface area contributed by atoms with Gasteiger partial charge in [-0.3, -0.25) is 0 Å². The second-order valence-corrected chi connectivity index (χ2v) is 4.82. The predicted octanol–water partition coefficient (Wildman–Crippen LogP) is 0.0652. The van der Waals surface area contributed by atoms with Crippen molar-refractivity contribution in [1.82, 2.24) is 0 Å². The Morgan fingerprint density at radius 3 is 2.59 bits per heavy atom. The average molecular weight is 300 g/mol. The molecular weight excluding hydrogens is 283 g/mol. The number of hydrogen-bond acceptors (Lipinski definition) is 4. The first-order valence-electron chi connectivity index (χ1n) is 5.20. The zero-order chi connectivity index (χ0) is 12.8. The third-order valence-corrected chi connectivity index (χ3v) is 3.64. The summed E-state index contributed by atoms with van der Waals surface area (Å²) in [6.07, 6.45) is 0. The van der Waals surface area contributed by atoms with Gasteiger partial charge in [0.05, 0.1) is 0 Å². The molecule has 0 aliphatic heterocycles. The first-order chi connectivity index (χ1) is 8.10. The average Bonchev–Trinajstić information content (AvgIpc) is 2.32. The molecule has 4 nitrogen and oxygen atoms in total. The van der Waals surface area contributed by atoms with Crippen molar-refractivity contribution in [2.24, 2.45) is 0 Å². The van der Waals surface area contributed by atoms with Gasteiger partial charge in [-0.1, -0.05) is 0 Å². The Bertz CT molecular complexity index is 404. The van der Waals surface area contributed by atoms with Gasteiger partial charge in [0, 0.05) is 0 Å². The molecule has 0 heterocycles. The second-order valence-electron chi connectivity index (χ2n) is 3.52. The summed E-state index contributed by atoms with van der Waals surface area (Å²) in [6.45, 7) is 2.89. The monoisotopic (exact) mass is 300 g/mol. The van der Waals surface area contributed by atoms with Crippen LogP contribution in [0.2, 0.25) is 0 Å². The van der Waals surface area contributed by atoms with Crippen molar-refractivity contribution in [3.63, 3.8) is 0 Å². The normalized spacial score (nSPS) is 10.1. The first kappa shape index (κ1) is 14.1. The van der Waals surface area contributed by atoms with Gasteiger partial charge in [0.2, 0.25) is 0 Å². The molecule has 0 radical (unpaired) electrons. The number of carbonyl (C=O) groups is 1. The van der Waals surface area contributed by atoms with Crippen LogP contribution in [0.1, 0.15) is 15.9 Å². The molecule has 94 valence electrons. The van der Waals surface area contributed by atoms with E-state index in [1.165, 1.54) is 24.0 Å². The van der Waals surface area contributed by atoms with Gasteiger partial charge in [-0.15, -0.1) is 0 Å². The van der Waals surface area contributed by atoms with Crippen molar-refractivity contribution in [1.29, 1.82) is 0 Å². The van der Waals surface area contributed by atoms with Crippen molar-refractivity contribution >= 4 is 27.2 Å². The Morgan fingerprint density at radius 2 is 2.00 bits per heavy atom. The number of rotatable bonds is 5. The number of esters is 1. The summed E-state index contributed by atoms with van der Waals surface area (Å²) in [5.41, 5.74) is 1.50. The SMILES string of the molecule is COCCOc1cc([AsH2])c(C)c(C(=O)OC)c1. The van der Waals surface area contributed by atoms with E-state index in [2.05, 4.69) is 0 Å². The van der Waals surface area contributed by atoms with E-state index in [9.17, 15) is 4.79 Å². The van der Waals surface area contributed by atoms with E-state index < -0.39 is 0 Å². The Morgan fingerprint density at radius 1 is 1.29 bits per heavy atom.